The number of ether oxygens (including phenoxy) is 1. The van der Waals surface area contributed by atoms with Gasteiger partial charge in [0.1, 0.15) is 0 Å². The molecule has 114 valence electrons. The van der Waals surface area contributed by atoms with Crippen LogP contribution in [0.3, 0.4) is 0 Å². The van der Waals surface area contributed by atoms with Crippen LogP contribution >= 0.6 is 24.0 Å². The summed E-state index contributed by atoms with van der Waals surface area (Å²) < 4.78 is 7.08. The summed E-state index contributed by atoms with van der Waals surface area (Å²) in [7, 11) is 3.52. The molecule has 0 atom stereocenters. The largest absolute Gasteiger partial charge is 0.481 e. The van der Waals surface area contributed by atoms with Crippen LogP contribution in [-0.2, 0) is 13.6 Å². The number of hydrogen-bond donors (Lipinski definition) is 1. The molecule has 0 radical (unpaired) electrons. The highest BCUT2D eigenvalue weighted by Crippen LogP contribution is 2.21. The van der Waals surface area contributed by atoms with E-state index < -0.39 is 0 Å². The lowest BCUT2D eigenvalue weighted by Crippen LogP contribution is -2.40. The van der Waals surface area contributed by atoms with Gasteiger partial charge in [-0.25, -0.2) is 9.67 Å². The third-order valence-electron chi connectivity index (χ3n) is 3.56. The normalized spacial score (nSPS) is 15.9. The van der Waals surface area contributed by atoms with Crippen molar-refractivity contribution < 1.29 is 4.74 Å². The first kappa shape index (κ1) is 17.1. The van der Waals surface area contributed by atoms with E-state index in [0.29, 0.717) is 12.5 Å². The van der Waals surface area contributed by atoms with Crippen molar-refractivity contribution in [3.05, 3.63) is 11.3 Å². The Balaban J connectivity index is 0.00000200. The second-order valence-corrected chi connectivity index (χ2v) is 4.92. The average Bonchev–Trinajstić information content (AvgIpc) is 2.70. The molecule has 1 aliphatic rings. The number of nitrogens with two attached hydrogens (primary N) is 1. The Labute approximate surface area is 137 Å². The quantitative estimate of drug-likeness (QED) is 0.482. The zero-order chi connectivity index (χ0) is 13.8. The van der Waals surface area contributed by atoms with E-state index in [1.54, 1.807) is 11.8 Å². The van der Waals surface area contributed by atoms with Gasteiger partial charge < -0.3 is 15.4 Å². The van der Waals surface area contributed by atoms with E-state index in [4.69, 9.17) is 10.5 Å². The number of hydrogen-bond acceptors (Lipinski definition) is 3. The van der Waals surface area contributed by atoms with Gasteiger partial charge in [0.25, 0.3) is 0 Å². The first-order valence-electron chi connectivity index (χ1n) is 6.74. The van der Waals surface area contributed by atoms with Crippen LogP contribution in [0.1, 0.15) is 30.5 Å². The van der Waals surface area contributed by atoms with E-state index in [1.165, 1.54) is 19.3 Å². The number of aromatic nitrogens is 2. The number of halogens is 1. The van der Waals surface area contributed by atoms with E-state index in [9.17, 15) is 0 Å². The third kappa shape index (κ3) is 3.77. The van der Waals surface area contributed by atoms with E-state index in [0.717, 1.165) is 30.2 Å². The number of piperidine rings is 1. The molecule has 2 heterocycles. The number of methoxy groups -OCH3 is 1. The van der Waals surface area contributed by atoms with Crippen molar-refractivity contribution in [2.75, 3.05) is 20.2 Å². The molecule has 7 heteroatoms. The highest BCUT2D eigenvalue weighted by molar-refractivity contribution is 14.0. The van der Waals surface area contributed by atoms with Crippen molar-refractivity contribution in [1.82, 2.24) is 14.7 Å². The Morgan fingerprint density at radius 1 is 1.35 bits per heavy atom. The fourth-order valence-corrected chi connectivity index (χ4v) is 2.50. The van der Waals surface area contributed by atoms with Gasteiger partial charge in [-0.15, -0.1) is 24.0 Å². The Morgan fingerprint density at radius 3 is 2.60 bits per heavy atom. The second kappa shape index (κ2) is 7.70. The molecule has 0 saturated carbocycles. The number of nitrogens with zero attached hydrogens (tertiary/aromatic N) is 4. The predicted octanol–water partition coefficient (Wildman–Crippen LogP) is 1.66. The monoisotopic (exact) mass is 393 g/mol. The molecule has 0 amide bonds. The molecule has 20 heavy (non-hydrogen) atoms. The maximum absolute atomic E-state index is 6.05. The number of likely N-dealkylation sites (tertiary alicyclic amines) is 1. The van der Waals surface area contributed by atoms with Crippen molar-refractivity contribution in [3.63, 3.8) is 0 Å². The van der Waals surface area contributed by atoms with Gasteiger partial charge >= 0.3 is 0 Å². The third-order valence-corrected chi connectivity index (χ3v) is 3.56. The molecule has 1 aromatic heterocycles. The lowest BCUT2D eigenvalue weighted by Gasteiger charge is -2.27. The van der Waals surface area contributed by atoms with Crippen LogP contribution in [0, 0.1) is 6.92 Å². The van der Waals surface area contributed by atoms with Gasteiger partial charge in [0, 0.05) is 20.1 Å². The molecular weight excluding hydrogens is 369 g/mol. The van der Waals surface area contributed by atoms with E-state index in [2.05, 4.69) is 15.0 Å². The van der Waals surface area contributed by atoms with Crippen molar-refractivity contribution in [2.45, 2.75) is 32.7 Å². The smallest absolute Gasteiger partial charge is 0.216 e. The van der Waals surface area contributed by atoms with Crippen LogP contribution in [0.4, 0.5) is 0 Å². The van der Waals surface area contributed by atoms with Crippen LogP contribution < -0.4 is 10.5 Å². The number of rotatable bonds is 3. The number of aryl methyl sites for hydroxylation is 2. The van der Waals surface area contributed by atoms with Crippen molar-refractivity contribution in [3.8, 4) is 5.88 Å². The summed E-state index contributed by atoms with van der Waals surface area (Å²) >= 11 is 0. The maximum atomic E-state index is 6.05. The number of aliphatic imine (C=N–C) groups is 1. The van der Waals surface area contributed by atoms with Gasteiger partial charge in [0.2, 0.25) is 5.88 Å². The highest BCUT2D eigenvalue weighted by Gasteiger charge is 2.15. The lowest BCUT2D eigenvalue weighted by atomic mass is 10.1. The Kier molecular flexibility index (Phi) is 6.57. The molecular formula is C13H24IN5O. The van der Waals surface area contributed by atoms with Gasteiger partial charge in [-0.1, -0.05) is 0 Å². The predicted molar refractivity (Wildman–Crippen MR) is 90.7 cm³/mol. The van der Waals surface area contributed by atoms with E-state index in [1.807, 2.05) is 14.0 Å². The fourth-order valence-electron chi connectivity index (χ4n) is 2.50. The van der Waals surface area contributed by atoms with Crippen molar-refractivity contribution in [1.29, 1.82) is 0 Å². The number of guanidine groups is 1. The highest BCUT2D eigenvalue weighted by atomic mass is 127. The van der Waals surface area contributed by atoms with Crippen molar-refractivity contribution in [2.24, 2.45) is 17.8 Å². The second-order valence-electron chi connectivity index (χ2n) is 4.92. The zero-order valence-electron chi connectivity index (χ0n) is 12.4. The Hall–Kier alpha value is -0.990. The molecule has 0 bridgehead atoms. The maximum Gasteiger partial charge on any atom is 0.216 e. The summed E-state index contributed by atoms with van der Waals surface area (Å²) in [5, 5.41) is 4.34. The first-order valence-corrected chi connectivity index (χ1v) is 6.74. The van der Waals surface area contributed by atoms with Gasteiger partial charge in [-0.05, 0) is 26.2 Å². The van der Waals surface area contributed by atoms with Gasteiger partial charge in [-0.3, -0.25) is 0 Å². The van der Waals surface area contributed by atoms with Crippen LogP contribution in [0.2, 0.25) is 0 Å². The van der Waals surface area contributed by atoms with Crippen LogP contribution in [-0.4, -0.2) is 40.8 Å². The SMILES string of the molecule is COc1c(CN=C(N)N2CCCCC2)c(C)nn1C.I. The summed E-state index contributed by atoms with van der Waals surface area (Å²) in [6.07, 6.45) is 3.69. The molecule has 0 spiro atoms. The topological polar surface area (TPSA) is 68.7 Å². The molecule has 0 unspecified atom stereocenters. The Bertz CT molecular complexity index is 466. The molecule has 2 rings (SSSR count). The summed E-state index contributed by atoms with van der Waals surface area (Å²) in [6.45, 7) is 4.51. The van der Waals surface area contributed by atoms with Gasteiger partial charge in [0.15, 0.2) is 5.96 Å². The molecule has 6 nitrogen and oxygen atoms in total. The average molecular weight is 393 g/mol. The lowest BCUT2D eigenvalue weighted by molar-refractivity contribution is 0.337. The summed E-state index contributed by atoms with van der Waals surface area (Å²) in [5.74, 6) is 1.39. The van der Waals surface area contributed by atoms with Crippen LogP contribution in [0.15, 0.2) is 4.99 Å². The van der Waals surface area contributed by atoms with Crippen LogP contribution in [0.25, 0.3) is 0 Å². The van der Waals surface area contributed by atoms with E-state index >= 15 is 0 Å². The first-order chi connectivity index (χ1) is 9.13. The minimum atomic E-state index is 0. The molecule has 0 aromatic carbocycles. The summed E-state index contributed by atoms with van der Waals surface area (Å²) in [5.41, 5.74) is 8.00. The van der Waals surface area contributed by atoms with Gasteiger partial charge in [0.05, 0.1) is 24.9 Å². The minimum Gasteiger partial charge on any atom is -0.481 e. The van der Waals surface area contributed by atoms with E-state index in [-0.39, 0.29) is 24.0 Å². The molecule has 1 saturated heterocycles. The molecule has 1 fully saturated rings. The van der Waals surface area contributed by atoms with Crippen molar-refractivity contribution >= 4 is 29.9 Å². The van der Waals surface area contributed by atoms with Crippen LogP contribution in [0.5, 0.6) is 5.88 Å². The Morgan fingerprint density at radius 2 is 2.00 bits per heavy atom. The van der Waals surface area contributed by atoms with Gasteiger partial charge in [-0.2, -0.15) is 5.10 Å². The molecule has 1 aliphatic heterocycles. The summed E-state index contributed by atoms with van der Waals surface area (Å²) in [4.78, 5) is 6.64. The molecule has 1 aromatic rings. The molecule has 0 aliphatic carbocycles. The molecule has 2 N–H and O–H groups in total. The minimum absolute atomic E-state index is 0. The standard InChI is InChI=1S/C13H23N5O.HI/c1-10-11(12(19-3)17(2)16-10)9-15-13(14)18-7-5-4-6-8-18;/h4-9H2,1-3H3,(H2,14,15);1H. The zero-order valence-corrected chi connectivity index (χ0v) is 14.8. The summed E-state index contributed by atoms with van der Waals surface area (Å²) in [6, 6.07) is 0. The fraction of sp³-hybridized carbons (Fsp3) is 0.692.